The highest BCUT2D eigenvalue weighted by Crippen LogP contribution is 2.03. The Labute approximate surface area is 92.1 Å². The van der Waals surface area contributed by atoms with Crippen molar-refractivity contribution in [3.8, 4) is 0 Å². The Morgan fingerprint density at radius 1 is 1.53 bits per heavy atom. The van der Waals surface area contributed by atoms with Crippen LogP contribution in [0.3, 0.4) is 0 Å². The summed E-state index contributed by atoms with van der Waals surface area (Å²) in [6.45, 7) is 10.1. The number of nitrogens with two attached hydrogens (primary N) is 1. The lowest BCUT2D eigenvalue weighted by molar-refractivity contribution is 0.266. The number of aryl methyl sites for hydroxylation is 1. The molecule has 4 nitrogen and oxygen atoms in total. The summed E-state index contributed by atoms with van der Waals surface area (Å²) in [6, 6.07) is 0.228. The molecule has 1 rings (SSSR count). The van der Waals surface area contributed by atoms with Crippen LogP contribution < -0.4 is 5.73 Å². The Balaban J connectivity index is 2.50. The summed E-state index contributed by atoms with van der Waals surface area (Å²) < 4.78 is 1.95. The predicted molar refractivity (Wildman–Crippen MR) is 62.5 cm³/mol. The van der Waals surface area contributed by atoms with Crippen LogP contribution in [0.1, 0.15) is 26.3 Å². The van der Waals surface area contributed by atoms with E-state index < -0.39 is 0 Å². The lowest BCUT2D eigenvalue weighted by Gasteiger charge is -2.21. The minimum atomic E-state index is 0.228. The van der Waals surface area contributed by atoms with Crippen LogP contribution in [-0.2, 0) is 13.1 Å². The molecule has 0 aromatic carbocycles. The van der Waals surface area contributed by atoms with Gasteiger partial charge < -0.3 is 5.73 Å². The largest absolute Gasteiger partial charge is 0.327 e. The van der Waals surface area contributed by atoms with E-state index in [1.807, 2.05) is 17.8 Å². The van der Waals surface area contributed by atoms with Crippen molar-refractivity contribution < 1.29 is 0 Å². The van der Waals surface area contributed by atoms with Crippen LogP contribution in [0.15, 0.2) is 12.4 Å². The summed E-state index contributed by atoms with van der Waals surface area (Å²) in [4.78, 5) is 2.34. The van der Waals surface area contributed by atoms with Crippen molar-refractivity contribution in [1.29, 1.82) is 0 Å². The minimum absolute atomic E-state index is 0.228. The molecular weight excluding hydrogens is 188 g/mol. The molecule has 2 N–H and O–H groups in total. The second-order valence-electron chi connectivity index (χ2n) is 4.01. The van der Waals surface area contributed by atoms with Crippen LogP contribution in [0.25, 0.3) is 0 Å². The van der Waals surface area contributed by atoms with Gasteiger partial charge in [0.2, 0.25) is 0 Å². The van der Waals surface area contributed by atoms with Crippen molar-refractivity contribution >= 4 is 0 Å². The minimum Gasteiger partial charge on any atom is -0.327 e. The molecule has 1 aromatic heterocycles. The predicted octanol–water partition coefficient (Wildman–Crippen LogP) is 1.07. The van der Waals surface area contributed by atoms with E-state index in [1.165, 1.54) is 5.56 Å². The second-order valence-corrected chi connectivity index (χ2v) is 4.01. The maximum absolute atomic E-state index is 5.79. The van der Waals surface area contributed by atoms with Gasteiger partial charge in [0.1, 0.15) is 0 Å². The summed E-state index contributed by atoms with van der Waals surface area (Å²) in [5.74, 6) is 0. The number of nitrogens with zero attached hydrogens (tertiary/aromatic N) is 3. The average molecular weight is 210 g/mol. The highest BCUT2D eigenvalue weighted by atomic mass is 15.3. The summed E-state index contributed by atoms with van der Waals surface area (Å²) in [5, 5.41) is 4.26. The Hall–Kier alpha value is -0.870. The monoisotopic (exact) mass is 210 g/mol. The number of hydrogen-bond donors (Lipinski definition) is 1. The molecule has 86 valence electrons. The van der Waals surface area contributed by atoms with Gasteiger partial charge >= 0.3 is 0 Å². The van der Waals surface area contributed by atoms with E-state index in [0.717, 1.165) is 26.2 Å². The molecule has 0 amide bonds. The van der Waals surface area contributed by atoms with E-state index in [-0.39, 0.29) is 6.04 Å². The van der Waals surface area contributed by atoms with Gasteiger partial charge in [-0.3, -0.25) is 9.58 Å². The maximum atomic E-state index is 5.79. The number of hydrogen-bond acceptors (Lipinski definition) is 3. The van der Waals surface area contributed by atoms with E-state index in [1.54, 1.807) is 0 Å². The molecule has 0 saturated heterocycles. The van der Waals surface area contributed by atoms with Gasteiger partial charge in [-0.1, -0.05) is 6.92 Å². The number of aromatic nitrogens is 2. The Bertz CT molecular complexity index is 280. The number of likely N-dealkylation sites (N-methyl/N-ethyl adjacent to an activating group) is 1. The van der Waals surface area contributed by atoms with E-state index in [0.29, 0.717) is 0 Å². The van der Waals surface area contributed by atoms with Gasteiger partial charge in [-0.05, 0) is 20.4 Å². The molecule has 0 radical (unpaired) electrons. The highest BCUT2D eigenvalue weighted by molar-refractivity contribution is 5.03. The van der Waals surface area contributed by atoms with Crippen LogP contribution in [0, 0.1) is 0 Å². The van der Waals surface area contributed by atoms with Crippen LogP contribution in [0.4, 0.5) is 0 Å². The van der Waals surface area contributed by atoms with Gasteiger partial charge in [0.25, 0.3) is 0 Å². The fourth-order valence-corrected chi connectivity index (χ4v) is 1.63. The molecule has 1 heterocycles. The molecule has 15 heavy (non-hydrogen) atoms. The molecule has 1 aromatic rings. The SMILES string of the molecule is CCN(Cc1cnn(CC)c1)C[C@@H](C)N. The van der Waals surface area contributed by atoms with Crippen LogP contribution >= 0.6 is 0 Å². The highest BCUT2D eigenvalue weighted by Gasteiger charge is 2.07. The van der Waals surface area contributed by atoms with Gasteiger partial charge in [-0.25, -0.2) is 0 Å². The molecule has 4 heteroatoms. The Kier molecular flexibility index (Phi) is 4.78. The third kappa shape index (κ3) is 4.01. The van der Waals surface area contributed by atoms with Crippen molar-refractivity contribution in [2.75, 3.05) is 13.1 Å². The standard InChI is InChI=1S/C11H22N4/c1-4-14(7-10(3)12)8-11-6-13-15(5-2)9-11/h6,9-10H,4-5,7-8,12H2,1-3H3/t10-/m1/s1. The third-order valence-electron chi connectivity index (χ3n) is 2.41. The van der Waals surface area contributed by atoms with Gasteiger partial charge in [-0.15, -0.1) is 0 Å². The molecule has 0 bridgehead atoms. The zero-order valence-electron chi connectivity index (χ0n) is 9.98. The first-order valence-corrected chi connectivity index (χ1v) is 5.65. The molecule has 0 aliphatic heterocycles. The van der Waals surface area contributed by atoms with Crippen molar-refractivity contribution in [2.45, 2.75) is 39.9 Å². The van der Waals surface area contributed by atoms with Gasteiger partial charge in [0, 0.05) is 37.4 Å². The Morgan fingerprint density at radius 3 is 2.73 bits per heavy atom. The average Bonchev–Trinajstić information content (AvgIpc) is 2.64. The first kappa shape index (κ1) is 12.2. The lowest BCUT2D eigenvalue weighted by Crippen LogP contribution is -2.34. The van der Waals surface area contributed by atoms with Crippen molar-refractivity contribution in [1.82, 2.24) is 14.7 Å². The summed E-state index contributed by atoms with van der Waals surface area (Å²) in [6.07, 6.45) is 4.04. The molecule has 1 atom stereocenters. The third-order valence-corrected chi connectivity index (χ3v) is 2.41. The summed E-state index contributed by atoms with van der Waals surface area (Å²) in [5.41, 5.74) is 7.05. The molecule has 0 unspecified atom stereocenters. The van der Waals surface area contributed by atoms with E-state index >= 15 is 0 Å². The van der Waals surface area contributed by atoms with E-state index in [4.69, 9.17) is 5.73 Å². The fraction of sp³-hybridized carbons (Fsp3) is 0.727. The molecular formula is C11H22N4. The van der Waals surface area contributed by atoms with Gasteiger partial charge in [0.15, 0.2) is 0 Å². The molecule has 0 aliphatic carbocycles. The molecule has 0 fully saturated rings. The fourth-order valence-electron chi connectivity index (χ4n) is 1.63. The van der Waals surface area contributed by atoms with E-state index in [2.05, 4.69) is 30.0 Å². The molecule has 0 aliphatic rings. The zero-order valence-corrected chi connectivity index (χ0v) is 9.98. The van der Waals surface area contributed by atoms with Crippen LogP contribution in [0.5, 0.6) is 0 Å². The first-order chi connectivity index (χ1) is 7.15. The molecule has 0 spiro atoms. The van der Waals surface area contributed by atoms with Crippen LogP contribution in [0.2, 0.25) is 0 Å². The summed E-state index contributed by atoms with van der Waals surface area (Å²) in [7, 11) is 0. The van der Waals surface area contributed by atoms with Crippen molar-refractivity contribution in [3.63, 3.8) is 0 Å². The summed E-state index contributed by atoms with van der Waals surface area (Å²) >= 11 is 0. The first-order valence-electron chi connectivity index (χ1n) is 5.65. The van der Waals surface area contributed by atoms with Crippen molar-refractivity contribution in [2.24, 2.45) is 5.73 Å². The quantitative estimate of drug-likeness (QED) is 0.764. The Morgan fingerprint density at radius 2 is 2.27 bits per heavy atom. The smallest absolute Gasteiger partial charge is 0.0534 e. The van der Waals surface area contributed by atoms with E-state index in [9.17, 15) is 0 Å². The second kappa shape index (κ2) is 5.88. The number of rotatable bonds is 6. The lowest BCUT2D eigenvalue weighted by atomic mass is 10.3. The maximum Gasteiger partial charge on any atom is 0.0534 e. The van der Waals surface area contributed by atoms with Gasteiger partial charge in [0.05, 0.1) is 6.20 Å². The van der Waals surface area contributed by atoms with Crippen molar-refractivity contribution in [3.05, 3.63) is 18.0 Å². The zero-order chi connectivity index (χ0) is 11.3. The topological polar surface area (TPSA) is 47.1 Å². The normalized spacial score (nSPS) is 13.4. The molecule has 0 saturated carbocycles. The van der Waals surface area contributed by atoms with Crippen LogP contribution in [-0.4, -0.2) is 33.8 Å². The van der Waals surface area contributed by atoms with Gasteiger partial charge in [-0.2, -0.15) is 5.10 Å².